The standard InChI is InChI=1S/C15H24N4O/c1-11(12-6-3-2-4-7-12)17-14(20)13-10-19-9-5-8-16-15(19)18-13/h10-12H,2-9H2,1H3,(H,16,18)(H,17,20). The van der Waals surface area contributed by atoms with Crippen molar-refractivity contribution in [3.05, 3.63) is 11.9 Å². The maximum Gasteiger partial charge on any atom is 0.271 e. The molecule has 1 saturated carbocycles. The van der Waals surface area contributed by atoms with E-state index in [9.17, 15) is 4.79 Å². The fraction of sp³-hybridized carbons (Fsp3) is 0.733. The summed E-state index contributed by atoms with van der Waals surface area (Å²) < 4.78 is 2.03. The van der Waals surface area contributed by atoms with Crippen molar-refractivity contribution >= 4 is 11.9 Å². The molecule has 2 heterocycles. The highest BCUT2D eigenvalue weighted by molar-refractivity contribution is 5.92. The lowest BCUT2D eigenvalue weighted by molar-refractivity contribution is 0.0914. The van der Waals surface area contributed by atoms with Crippen LogP contribution < -0.4 is 10.6 Å². The molecule has 1 amide bonds. The van der Waals surface area contributed by atoms with Crippen molar-refractivity contribution in [2.75, 3.05) is 11.9 Å². The van der Waals surface area contributed by atoms with Crippen LogP contribution in [0.1, 0.15) is 55.9 Å². The van der Waals surface area contributed by atoms with Crippen molar-refractivity contribution in [3.8, 4) is 0 Å². The fourth-order valence-corrected chi connectivity index (χ4v) is 3.32. The maximum absolute atomic E-state index is 12.3. The van der Waals surface area contributed by atoms with E-state index in [1.54, 1.807) is 0 Å². The molecular formula is C15H24N4O. The van der Waals surface area contributed by atoms with Crippen LogP contribution in [-0.4, -0.2) is 28.0 Å². The second-order valence-corrected chi connectivity index (χ2v) is 6.08. The molecule has 5 nitrogen and oxygen atoms in total. The first-order chi connectivity index (χ1) is 9.74. The number of nitrogens with one attached hydrogen (secondary N) is 2. The first-order valence-corrected chi connectivity index (χ1v) is 7.86. The molecule has 1 aliphatic carbocycles. The Labute approximate surface area is 120 Å². The minimum absolute atomic E-state index is 0.0354. The molecule has 0 radical (unpaired) electrons. The summed E-state index contributed by atoms with van der Waals surface area (Å²) in [5.41, 5.74) is 0.539. The zero-order valence-corrected chi connectivity index (χ0v) is 12.2. The van der Waals surface area contributed by atoms with Crippen LogP contribution in [0.3, 0.4) is 0 Å². The molecule has 2 N–H and O–H groups in total. The molecule has 0 spiro atoms. The van der Waals surface area contributed by atoms with Gasteiger partial charge in [-0.2, -0.15) is 0 Å². The van der Waals surface area contributed by atoms with E-state index in [-0.39, 0.29) is 11.9 Å². The summed E-state index contributed by atoms with van der Waals surface area (Å²) in [6, 6.07) is 0.245. The van der Waals surface area contributed by atoms with Crippen molar-refractivity contribution in [1.29, 1.82) is 0 Å². The highest BCUT2D eigenvalue weighted by atomic mass is 16.2. The van der Waals surface area contributed by atoms with Gasteiger partial charge in [-0.15, -0.1) is 0 Å². The molecule has 1 fully saturated rings. The molecule has 0 bridgehead atoms. The predicted octanol–water partition coefficient (Wildman–Crippen LogP) is 2.40. The summed E-state index contributed by atoms with van der Waals surface area (Å²) in [5.74, 6) is 1.42. The molecule has 0 saturated heterocycles. The van der Waals surface area contributed by atoms with Crippen molar-refractivity contribution < 1.29 is 4.79 Å². The number of hydrogen-bond donors (Lipinski definition) is 2. The lowest BCUT2D eigenvalue weighted by Crippen LogP contribution is -2.39. The number of carbonyl (C=O) groups is 1. The Bertz CT molecular complexity index is 453. The van der Waals surface area contributed by atoms with Gasteiger partial charge in [-0.05, 0) is 32.1 Å². The van der Waals surface area contributed by atoms with Gasteiger partial charge < -0.3 is 15.2 Å². The van der Waals surface area contributed by atoms with Crippen LogP contribution in [-0.2, 0) is 6.54 Å². The second kappa shape index (κ2) is 5.85. The molecule has 0 aromatic carbocycles. The minimum atomic E-state index is -0.0354. The van der Waals surface area contributed by atoms with E-state index in [0.29, 0.717) is 11.6 Å². The third-order valence-electron chi connectivity index (χ3n) is 4.58. The van der Waals surface area contributed by atoms with Crippen molar-refractivity contribution in [3.63, 3.8) is 0 Å². The van der Waals surface area contributed by atoms with E-state index in [0.717, 1.165) is 25.5 Å². The van der Waals surface area contributed by atoms with Crippen molar-refractivity contribution in [1.82, 2.24) is 14.9 Å². The third-order valence-corrected chi connectivity index (χ3v) is 4.58. The Morgan fingerprint density at radius 1 is 1.40 bits per heavy atom. The Hall–Kier alpha value is -1.52. The van der Waals surface area contributed by atoms with Crippen molar-refractivity contribution in [2.45, 2.75) is 58.0 Å². The number of nitrogens with zero attached hydrogens (tertiary/aromatic N) is 2. The summed E-state index contributed by atoms with van der Waals surface area (Å²) in [6.45, 7) is 4.01. The van der Waals surface area contributed by atoms with Gasteiger partial charge >= 0.3 is 0 Å². The summed E-state index contributed by atoms with van der Waals surface area (Å²) in [5, 5.41) is 6.36. The van der Waals surface area contributed by atoms with Gasteiger partial charge in [-0.25, -0.2) is 4.98 Å². The Balaban J connectivity index is 1.62. The summed E-state index contributed by atoms with van der Waals surface area (Å²) >= 11 is 0. The van der Waals surface area contributed by atoms with E-state index < -0.39 is 0 Å². The third kappa shape index (κ3) is 2.81. The number of imidazole rings is 1. The predicted molar refractivity (Wildman–Crippen MR) is 78.8 cm³/mol. The summed E-state index contributed by atoms with van der Waals surface area (Å²) in [6.07, 6.45) is 9.37. The summed E-state index contributed by atoms with van der Waals surface area (Å²) in [7, 11) is 0. The Morgan fingerprint density at radius 3 is 2.95 bits per heavy atom. The molecule has 1 aromatic heterocycles. The molecule has 1 aromatic rings. The minimum Gasteiger partial charge on any atom is -0.356 e. The van der Waals surface area contributed by atoms with Gasteiger partial charge in [0, 0.05) is 25.3 Å². The molecule has 20 heavy (non-hydrogen) atoms. The number of anilines is 1. The average molecular weight is 276 g/mol. The first-order valence-electron chi connectivity index (χ1n) is 7.86. The van der Waals surface area contributed by atoms with Crippen LogP contribution in [0.25, 0.3) is 0 Å². The van der Waals surface area contributed by atoms with Gasteiger partial charge in [0.1, 0.15) is 5.69 Å². The number of fused-ring (bicyclic) bond motifs is 1. The van der Waals surface area contributed by atoms with E-state index in [1.807, 2.05) is 10.8 Å². The highest BCUT2D eigenvalue weighted by Gasteiger charge is 2.23. The zero-order valence-electron chi connectivity index (χ0n) is 12.2. The van der Waals surface area contributed by atoms with Gasteiger partial charge in [-0.3, -0.25) is 4.79 Å². The topological polar surface area (TPSA) is 59.0 Å². The van der Waals surface area contributed by atoms with Gasteiger partial charge in [0.05, 0.1) is 0 Å². The van der Waals surface area contributed by atoms with Crippen LogP contribution in [0.2, 0.25) is 0 Å². The molecule has 1 atom stereocenters. The Morgan fingerprint density at radius 2 is 2.20 bits per heavy atom. The monoisotopic (exact) mass is 276 g/mol. The van der Waals surface area contributed by atoms with E-state index in [1.165, 1.54) is 32.1 Å². The SMILES string of the molecule is CC(NC(=O)c1cn2c(n1)NCCC2)C1CCCCC1. The van der Waals surface area contributed by atoms with E-state index in [4.69, 9.17) is 0 Å². The van der Waals surface area contributed by atoms with E-state index in [2.05, 4.69) is 22.5 Å². The highest BCUT2D eigenvalue weighted by Crippen LogP contribution is 2.26. The van der Waals surface area contributed by atoms with Gasteiger partial charge in [0.2, 0.25) is 5.95 Å². The van der Waals surface area contributed by atoms with Crippen molar-refractivity contribution in [2.24, 2.45) is 5.92 Å². The normalized spacial score (nSPS) is 20.9. The average Bonchev–Trinajstić information content (AvgIpc) is 2.92. The van der Waals surface area contributed by atoms with E-state index >= 15 is 0 Å². The van der Waals surface area contributed by atoms with Gasteiger partial charge in [-0.1, -0.05) is 19.3 Å². The number of amides is 1. The number of aryl methyl sites for hydroxylation is 1. The molecule has 3 rings (SSSR count). The molecule has 5 heteroatoms. The molecule has 110 valence electrons. The molecule has 1 unspecified atom stereocenters. The number of rotatable bonds is 3. The lowest BCUT2D eigenvalue weighted by Gasteiger charge is -2.28. The molecule has 1 aliphatic heterocycles. The number of aromatic nitrogens is 2. The summed E-state index contributed by atoms with van der Waals surface area (Å²) in [4.78, 5) is 16.7. The molecular weight excluding hydrogens is 252 g/mol. The molecule has 2 aliphatic rings. The zero-order chi connectivity index (χ0) is 13.9. The smallest absolute Gasteiger partial charge is 0.271 e. The van der Waals surface area contributed by atoms with Crippen LogP contribution in [0.4, 0.5) is 5.95 Å². The van der Waals surface area contributed by atoms with Gasteiger partial charge in [0.15, 0.2) is 0 Å². The fourth-order valence-electron chi connectivity index (χ4n) is 3.32. The van der Waals surface area contributed by atoms with Crippen LogP contribution in [0.5, 0.6) is 0 Å². The van der Waals surface area contributed by atoms with Crippen LogP contribution in [0.15, 0.2) is 6.20 Å². The maximum atomic E-state index is 12.3. The second-order valence-electron chi connectivity index (χ2n) is 6.08. The largest absolute Gasteiger partial charge is 0.356 e. The lowest BCUT2D eigenvalue weighted by atomic mass is 9.84. The number of carbonyl (C=O) groups excluding carboxylic acids is 1. The Kier molecular flexibility index (Phi) is 3.94. The van der Waals surface area contributed by atoms with Crippen LogP contribution in [0, 0.1) is 5.92 Å². The van der Waals surface area contributed by atoms with Crippen LogP contribution >= 0.6 is 0 Å². The number of hydrogen-bond acceptors (Lipinski definition) is 3. The van der Waals surface area contributed by atoms with Gasteiger partial charge in [0.25, 0.3) is 5.91 Å². The first kappa shape index (κ1) is 13.5. The quantitative estimate of drug-likeness (QED) is 0.891.